The van der Waals surface area contributed by atoms with Crippen molar-refractivity contribution in [3.05, 3.63) is 68.2 Å². The summed E-state index contributed by atoms with van der Waals surface area (Å²) in [4.78, 5) is 37.1. The van der Waals surface area contributed by atoms with Gasteiger partial charge >= 0.3 is 5.97 Å². The number of hydrogen-bond acceptors (Lipinski definition) is 7. The first kappa shape index (κ1) is 20.0. The van der Waals surface area contributed by atoms with Crippen LogP contribution in [0.5, 0.6) is 0 Å². The Morgan fingerprint density at radius 1 is 1.11 bits per heavy atom. The molecule has 1 aliphatic rings. The highest BCUT2D eigenvalue weighted by molar-refractivity contribution is 9.10. The average molecular weight is 449 g/mol. The Morgan fingerprint density at radius 2 is 1.75 bits per heavy atom. The molecule has 0 N–H and O–H groups in total. The topological polar surface area (TPSA) is 99.0 Å². The number of morpholine rings is 1. The summed E-state index contributed by atoms with van der Waals surface area (Å²) in [5.41, 5.74) is 0.670. The van der Waals surface area contributed by atoms with E-state index in [1.165, 1.54) is 18.2 Å². The summed E-state index contributed by atoms with van der Waals surface area (Å²) in [6, 6.07) is 10.8. The molecule has 0 atom stereocenters. The first-order valence-electron chi connectivity index (χ1n) is 8.53. The standard InChI is InChI=1S/C19H17BrN2O6/c20-15-4-1-13(2-5-15)18(23)12-28-19(24)14-3-6-16(17(11-14)22(25)26)21-7-9-27-10-8-21/h1-6,11H,7-10,12H2. The van der Waals surface area contributed by atoms with Gasteiger partial charge in [0.2, 0.25) is 0 Å². The second kappa shape index (κ2) is 8.94. The van der Waals surface area contributed by atoms with Crippen LogP contribution >= 0.6 is 15.9 Å². The minimum absolute atomic E-state index is 0.0207. The number of ether oxygens (including phenoxy) is 2. The van der Waals surface area contributed by atoms with Crippen molar-refractivity contribution in [2.24, 2.45) is 0 Å². The van der Waals surface area contributed by atoms with E-state index in [0.717, 1.165) is 4.47 Å². The first-order valence-corrected chi connectivity index (χ1v) is 9.32. The predicted octanol–water partition coefficient (Wildman–Crippen LogP) is 3.23. The highest BCUT2D eigenvalue weighted by Gasteiger charge is 2.24. The van der Waals surface area contributed by atoms with Crippen molar-refractivity contribution in [1.82, 2.24) is 0 Å². The Hall–Kier alpha value is -2.78. The molecule has 0 amide bonds. The van der Waals surface area contributed by atoms with Crippen molar-refractivity contribution >= 4 is 39.1 Å². The Kier molecular flexibility index (Phi) is 6.37. The van der Waals surface area contributed by atoms with E-state index in [0.29, 0.717) is 37.6 Å². The van der Waals surface area contributed by atoms with Crippen LogP contribution in [0.3, 0.4) is 0 Å². The van der Waals surface area contributed by atoms with E-state index in [4.69, 9.17) is 9.47 Å². The third-order valence-corrected chi connectivity index (χ3v) is 4.79. The summed E-state index contributed by atoms with van der Waals surface area (Å²) in [5.74, 6) is -1.15. The normalized spacial score (nSPS) is 13.8. The molecule has 0 bridgehead atoms. The van der Waals surface area contributed by atoms with Crippen LogP contribution in [0.25, 0.3) is 0 Å². The zero-order valence-electron chi connectivity index (χ0n) is 14.8. The van der Waals surface area contributed by atoms with Crippen LogP contribution in [0.4, 0.5) is 11.4 Å². The molecule has 28 heavy (non-hydrogen) atoms. The number of hydrogen-bond donors (Lipinski definition) is 0. The molecule has 1 fully saturated rings. The van der Waals surface area contributed by atoms with Gasteiger partial charge in [0.15, 0.2) is 12.4 Å². The van der Waals surface area contributed by atoms with E-state index in [1.54, 1.807) is 24.3 Å². The molecule has 1 aliphatic heterocycles. The Morgan fingerprint density at radius 3 is 2.39 bits per heavy atom. The van der Waals surface area contributed by atoms with Gasteiger partial charge in [-0.2, -0.15) is 0 Å². The number of halogens is 1. The Balaban J connectivity index is 1.70. The fourth-order valence-corrected chi connectivity index (χ4v) is 3.07. The number of Topliss-reactive ketones (excluding diaryl/α,β-unsaturated/α-hetero) is 1. The molecule has 0 saturated carbocycles. The van der Waals surface area contributed by atoms with E-state index in [9.17, 15) is 19.7 Å². The van der Waals surface area contributed by atoms with Crippen molar-refractivity contribution in [2.75, 3.05) is 37.8 Å². The lowest BCUT2D eigenvalue weighted by atomic mass is 10.1. The van der Waals surface area contributed by atoms with E-state index in [1.807, 2.05) is 4.90 Å². The molecule has 1 heterocycles. The maximum atomic E-state index is 12.3. The Labute approximate surface area is 169 Å². The van der Waals surface area contributed by atoms with Gasteiger partial charge in [0, 0.05) is 29.2 Å². The number of carbonyl (C=O) groups excluding carboxylic acids is 2. The van der Waals surface area contributed by atoms with Gasteiger partial charge in [-0.3, -0.25) is 14.9 Å². The van der Waals surface area contributed by atoms with Crippen LogP contribution in [0.2, 0.25) is 0 Å². The molecule has 9 heteroatoms. The number of nitrogens with zero attached hydrogens (tertiary/aromatic N) is 2. The zero-order valence-corrected chi connectivity index (χ0v) is 16.4. The molecule has 0 spiro atoms. The van der Waals surface area contributed by atoms with E-state index < -0.39 is 17.5 Å². The van der Waals surface area contributed by atoms with Gasteiger partial charge in [-0.15, -0.1) is 0 Å². The van der Waals surface area contributed by atoms with Crippen molar-refractivity contribution in [3.63, 3.8) is 0 Å². The molecule has 8 nitrogen and oxygen atoms in total. The van der Waals surface area contributed by atoms with Crippen LogP contribution in [-0.2, 0) is 9.47 Å². The van der Waals surface area contributed by atoms with Crippen molar-refractivity contribution in [1.29, 1.82) is 0 Å². The van der Waals surface area contributed by atoms with E-state index in [-0.39, 0.29) is 17.0 Å². The smallest absolute Gasteiger partial charge is 0.338 e. The van der Waals surface area contributed by atoms with Gasteiger partial charge in [-0.25, -0.2) is 4.79 Å². The lowest BCUT2D eigenvalue weighted by Crippen LogP contribution is -2.36. The number of esters is 1. The second-order valence-electron chi connectivity index (χ2n) is 6.07. The maximum Gasteiger partial charge on any atom is 0.338 e. The summed E-state index contributed by atoms with van der Waals surface area (Å²) in [6.45, 7) is 1.59. The number of ketones is 1. The van der Waals surface area contributed by atoms with Gasteiger partial charge < -0.3 is 14.4 Å². The summed E-state index contributed by atoms with van der Waals surface area (Å²) in [5, 5.41) is 11.5. The van der Waals surface area contributed by atoms with Gasteiger partial charge in [-0.1, -0.05) is 28.1 Å². The van der Waals surface area contributed by atoms with Gasteiger partial charge in [-0.05, 0) is 24.3 Å². The molecular weight excluding hydrogens is 432 g/mol. The number of benzene rings is 2. The summed E-state index contributed by atoms with van der Waals surface area (Å²) >= 11 is 3.28. The monoisotopic (exact) mass is 448 g/mol. The number of nitro benzene ring substituents is 1. The molecule has 0 unspecified atom stereocenters. The molecule has 146 valence electrons. The van der Waals surface area contributed by atoms with Crippen LogP contribution in [0.1, 0.15) is 20.7 Å². The van der Waals surface area contributed by atoms with Crippen LogP contribution in [0.15, 0.2) is 46.9 Å². The van der Waals surface area contributed by atoms with Crippen LogP contribution < -0.4 is 4.90 Å². The van der Waals surface area contributed by atoms with Crippen molar-refractivity contribution < 1.29 is 24.0 Å². The predicted molar refractivity (Wildman–Crippen MR) is 105 cm³/mol. The molecule has 3 rings (SSSR count). The summed E-state index contributed by atoms with van der Waals surface area (Å²) < 4.78 is 11.1. The molecule has 1 saturated heterocycles. The van der Waals surface area contributed by atoms with E-state index >= 15 is 0 Å². The largest absolute Gasteiger partial charge is 0.454 e. The number of rotatable bonds is 6. The Bertz CT molecular complexity index is 894. The third kappa shape index (κ3) is 4.73. The van der Waals surface area contributed by atoms with Crippen molar-refractivity contribution in [3.8, 4) is 0 Å². The second-order valence-corrected chi connectivity index (χ2v) is 6.98. The highest BCUT2D eigenvalue weighted by atomic mass is 79.9. The molecule has 0 radical (unpaired) electrons. The number of nitro groups is 1. The molecule has 2 aromatic rings. The van der Waals surface area contributed by atoms with Crippen LogP contribution in [0, 0.1) is 10.1 Å². The first-order chi connectivity index (χ1) is 13.5. The molecule has 0 aliphatic carbocycles. The minimum atomic E-state index is -0.790. The number of carbonyl (C=O) groups is 2. The minimum Gasteiger partial charge on any atom is -0.454 e. The molecular formula is C19H17BrN2O6. The van der Waals surface area contributed by atoms with Gasteiger partial charge in [0.25, 0.3) is 5.69 Å². The maximum absolute atomic E-state index is 12.3. The fraction of sp³-hybridized carbons (Fsp3) is 0.263. The van der Waals surface area contributed by atoms with Crippen molar-refractivity contribution in [2.45, 2.75) is 0 Å². The third-order valence-electron chi connectivity index (χ3n) is 4.26. The molecule has 0 aromatic heterocycles. The van der Waals surface area contributed by atoms with Gasteiger partial charge in [0.1, 0.15) is 5.69 Å². The molecule has 2 aromatic carbocycles. The lowest BCUT2D eigenvalue weighted by Gasteiger charge is -2.28. The SMILES string of the molecule is O=C(COC(=O)c1ccc(N2CCOCC2)c([N+](=O)[O-])c1)c1ccc(Br)cc1. The zero-order chi connectivity index (χ0) is 20.1. The van der Waals surface area contributed by atoms with E-state index in [2.05, 4.69) is 15.9 Å². The lowest BCUT2D eigenvalue weighted by molar-refractivity contribution is -0.384. The summed E-state index contributed by atoms with van der Waals surface area (Å²) in [6.07, 6.45) is 0. The average Bonchev–Trinajstić information content (AvgIpc) is 2.72. The summed E-state index contributed by atoms with van der Waals surface area (Å²) in [7, 11) is 0. The fourth-order valence-electron chi connectivity index (χ4n) is 2.80. The highest BCUT2D eigenvalue weighted by Crippen LogP contribution is 2.30. The number of anilines is 1. The van der Waals surface area contributed by atoms with Crippen LogP contribution in [-0.4, -0.2) is 49.6 Å². The van der Waals surface area contributed by atoms with Gasteiger partial charge in [0.05, 0.1) is 23.7 Å². The quantitative estimate of drug-likeness (QED) is 0.289.